The number of methoxy groups -OCH3 is 1. The zero-order valence-electron chi connectivity index (χ0n) is 18.3. The lowest BCUT2D eigenvalue weighted by Gasteiger charge is -2.35. The van der Waals surface area contributed by atoms with Gasteiger partial charge < -0.3 is 9.64 Å². The SMILES string of the molecule is CCC(=O)[C@H]1CCCN(C(=O)C[C@@]2(c3ccc(OC)cc3)CC(=O)N(C3CC3)C2=O)C1. The van der Waals surface area contributed by atoms with Gasteiger partial charge in [0, 0.05) is 44.3 Å². The first-order chi connectivity index (χ1) is 14.9. The third kappa shape index (κ3) is 3.98. The number of imide groups is 1. The molecule has 1 aliphatic carbocycles. The topological polar surface area (TPSA) is 84.0 Å². The molecule has 2 atom stereocenters. The predicted octanol–water partition coefficient (Wildman–Crippen LogP) is 2.46. The fourth-order valence-corrected chi connectivity index (χ4v) is 4.97. The number of carbonyl (C=O) groups excluding carboxylic acids is 4. The number of nitrogens with zero attached hydrogens (tertiary/aromatic N) is 2. The van der Waals surface area contributed by atoms with Crippen molar-refractivity contribution >= 4 is 23.5 Å². The van der Waals surface area contributed by atoms with E-state index in [1.807, 2.05) is 6.92 Å². The molecule has 4 rings (SSSR count). The Hall–Kier alpha value is -2.70. The first-order valence-electron chi connectivity index (χ1n) is 11.2. The van der Waals surface area contributed by atoms with Gasteiger partial charge in [-0.25, -0.2) is 0 Å². The minimum Gasteiger partial charge on any atom is -0.497 e. The van der Waals surface area contributed by atoms with E-state index in [2.05, 4.69) is 0 Å². The van der Waals surface area contributed by atoms with Crippen LogP contribution in [-0.2, 0) is 24.6 Å². The molecule has 31 heavy (non-hydrogen) atoms. The lowest BCUT2D eigenvalue weighted by Crippen LogP contribution is -2.47. The molecule has 7 heteroatoms. The summed E-state index contributed by atoms with van der Waals surface area (Å²) in [6, 6.07) is 7.06. The van der Waals surface area contributed by atoms with Crippen molar-refractivity contribution in [2.45, 2.75) is 63.3 Å². The summed E-state index contributed by atoms with van der Waals surface area (Å²) in [5.74, 6) is 0.0598. The van der Waals surface area contributed by atoms with Crippen molar-refractivity contribution in [2.75, 3.05) is 20.2 Å². The van der Waals surface area contributed by atoms with Crippen molar-refractivity contribution in [3.8, 4) is 5.75 Å². The Kier molecular flexibility index (Phi) is 5.86. The van der Waals surface area contributed by atoms with Crippen molar-refractivity contribution in [1.29, 1.82) is 0 Å². The summed E-state index contributed by atoms with van der Waals surface area (Å²) >= 11 is 0. The smallest absolute Gasteiger partial charge is 0.241 e. The number of ketones is 1. The number of amides is 3. The van der Waals surface area contributed by atoms with Crippen LogP contribution >= 0.6 is 0 Å². The second-order valence-electron chi connectivity index (χ2n) is 8.96. The molecule has 1 aromatic carbocycles. The fourth-order valence-electron chi connectivity index (χ4n) is 4.97. The van der Waals surface area contributed by atoms with Gasteiger partial charge in [0.2, 0.25) is 17.7 Å². The van der Waals surface area contributed by atoms with Crippen molar-refractivity contribution < 1.29 is 23.9 Å². The first-order valence-corrected chi connectivity index (χ1v) is 11.2. The van der Waals surface area contributed by atoms with Crippen LogP contribution in [-0.4, -0.2) is 59.5 Å². The Morgan fingerprint density at radius 2 is 1.84 bits per heavy atom. The van der Waals surface area contributed by atoms with Crippen LogP contribution in [0.15, 0.2) is 24.3 Å². The summed E-state index contributed by atoms with van der Waals surface area (Å²) in [7, 11) is 1.57. The summed E-state index contributed by atoms with van der Waals surface area (Å²) in [5.41, 5.74) is -0.522. The van der Waals surface area contributed by atoms with Gasteiger partial charge in [-0.1, -0.05) is 19.1 Å². The number of hydrogen-bond donors (Lipinski definition) is 0. The van der Waals surface area contributed by atoms with E-state index in [0.717, 1.165) is 25.7 Å². The molecule has 3 fully saturated rings. The van der Waals surface area contributed by atoms with Gasteiger partial charge in [-0.3, -0.25) is 24.1 Å². The van der Waals surface area contributed by atoms with E-state index in [9.17, 15) is 19.2 Å². The molecule has 1 saturated carbocycles. The molecule has 3 aliphatic rings. The van der Waals surface area contributed by atoms with Gasteiger partial charge in [0.25, 0.3) is 0 Å². The third-order valence-corrected chi connectivity index (χ3v) is 6.94. The predicted molar refractivity (Wildman–Crippen MR) is 113 cm³/mol. The number of benzene rings is 1. The Labute approximate surface area is 182 Å². The zero-order chi connectivity index (χ0) is 22.2. The molecule has 2 aliphatic heterocycles. The molecular formula is C24H30N2O5. The minimum atomic E-state index is -1.19. The molecule has 3 amide bonds. The minimum absolute atomic E-state index is 0.00552. The molecule has 2 saturated heterocycles. The third-order valence-electron chi connectivity index (χ3n) is 6.94. The maximum atomic E-state index is 13.6. The van der Waals surface area contributed by atoms with E-state index in [-0.39, 0.29) is 48.3 Å². The van der Waals surface area contributed by atoms with E-state index in [0.29, 0.717) is 30.8 Å². The van der Waals surface area contributed by atoms with Crippen LogP contribution in [0.2, 0.25) is 0 Å². The van der Waals surface area contributed by atoms with Gasteiger partial charge >= 0.3 is 0 Å². The second-order valence-corrected chi connectivity index (χ2v) is 8.96. The summed E-state index contributed by atoms with van der Waals surface area (Å²) in [6.07, 6.45) is 3.65. The van der Waals surface area contributed by atoms with Crippen LogP contribution in [0.3, 0.4) is 0 Å². The fraction of sp³-hybridized carbons (Fsp3) is 0.583. The average molecular weight is 427 g/mol. The highest BCUT2D eigenvalue weighted by molar-refractivity contribution is 6.11. The van der Waals surface area contributed by atoms with Gasteiger partial charge in [0.05, 0.1) is 12.5 Å². The van der Waals surface area contributed by atoms with Crippen molar-refractivity contribution in [3.05, 3.63) is 29.8 Å². The van der Waals surface area contributed by atoms with Crippen LogP contribution in [0.25, 0.3) is 0 Å². The van der Waals surface area contributed by atoms with Crippen molar-refractivity contribution in [1.82, 2.24) is 9.80 Å². The number of Topliss-reactive ketones (excluding diaryl/α,β-unsaturated/α-hetero) is 1. The van der Waals surface area contributed by atoms with Crippen LogP contribution in [0.4, 0.5) is 0 Å². The summed E-state index contributed by atoms with van der Waals surface area (Å²) < 4.78 is 5.23. The van der Waals surface area contributed by atoms with E-state index in [1.54, 1.807) is 36.3 Å². The number of rotatable bonds is 7. The van der Waals surface area contributed by atoms with Crippen LogP contribution < -0.4 is 4.74 Å². The second kappa shape index (κ2) is 8.44. The van der Waals surface area contributed by atoms with Gasteiger partial charge in [0.1, 0.15) is 11.5 Å². The molecule has 0 radical (unpaired) electrons. The molecule has 0 aromatic heterocycles. The maximum Gasteiger partial charge on any atom is 0.241 e. The Balaban J connectivity index is 1.62. The van der Waals surface area contributed by atoms with Gasteiger partial charge in [-0.05, 0) is 43.4 Å². The monoisotopic (exact) mass is 426 g/mol. The summed E-state index contributed by atoms with van der Waals surface area (Å²) in [6.45, 7) is 2.83. The summed E-state index contributed by atoms with van der Waals surface area (Å²) in [5, 5.41) is 0. The van der Waals surface area contributed by atoms with E-state index < -0.39 is 5.41 Å². The molecule has 0 unspecified atom stereocenters. The highest BCUT2D eigenvalue weighted by Crippen LogP contribution is 2.45. The van der Waals surface area contributed by atoms with E-state index in [4.69, 9.17) is 4.74 Å². The number of likely N-dealkylation sites (tertiary alicyclic amines) is 2. The number of hydrogen-bond acceptors (Lipinski definition) is 5. The Morgan fingerprint density at radius 1 is 1.13 bits per heavy atom. The molecule has 0 bridgehead atoms. The van der Waals surface area contributed by atoms with Crippen molar-refractivity contribution in [2.24, 2.45) is 5.92 Å². The quantitative estimate of drug-likeness (QED) is 0.626. The molecule has 7 nitrogen and oxygen atoms in total. The van der Waals surface area contributed by atoms with Crippen LogP contribution in [0.1, 0.15) is 57.4 Å². The molecule has 0 N–H and O–H groups in total. The highest BCUT2D eigenvalue weighted by atomic mass is 16.5. The molecule has 166 valence electrons. The normalized spacial score (nSPS) is 26.3. The van der Waals surface area contributed by atoms with Crippen molar-refractivity contribution in [3.63, 3.8) is 0 Å². The highest BCUT2D eigenvalue weighted by Gasteiger charge is 2.57. The number of ether oxygens (including phenoxy) is 1. The van der Waals surface area contributed by atoms with Gasteiger partial charge in [-0.2, -0.15) is 0 Å². The lowest BCUT2D eigenvalue weighted by atomic mass is 9.75. The van der Waals surface area contributed by atoms with Gasteiger partial charge in [0.15, 0.2) is 0 Å². The van der Waals surface area contributed by atoms with Crippen LogP contribution in [0.5, 0.6) is 5.75 Å². The molecule has 1 aromatic rings. The Morgan fingerprint density at radius 3 is 2.45 bits per heavy atom. The van der Waals surface area contributed by atoms with E-state index >= 15 is 0 Å². The Bertz CT molecular complexity index is 892. The largest absolute Gasteiger partial charge is 0.497 e. The standard InChI is InChI=1S/C24H30N2O5/c1-3-20(27)16-5-4-12-25(15-16)21(28)13-24(17-6-10-19(31-2)11-7-17)14-22(29)26(23(24)30)18-8-9-18/h6-7,10-11,16,18H,3-5,8-9,12-15H2,1-2H3/t16-,24-/m0/s1. The van der Waals surface area contributed by atoms with Gasteiger partial charge in [-0.15, -0.1) is 0 Å². The summed E-state index contributed by atoms with van der Waals surface area (Å²) in [4.78, 5) is 55.0. The maximum absolute atomic E-state index is 13.6. The molecule has 2 heterocycles. The zero-order valence-corrected chi connectivity index (χ0v) is 18.3. The molecule has 0 spiro atoms. The number of piperidine rings is 1. The lowest BCUT2D eigenvalue weighted by molar-refractivity contribution is -0.144. The molecular weight excluding hydrogens is 396 g/mol. The average Bonchev–Trinajstić information content (AvgIpc) is 3.59. The van der Waals surface area contributed by atoms with Crippen LogP contribution in [0, 0.1) is 5.92 Å². The number of carbonyl (C=O) groups is 4. The van der Waals surface area contributed by atoms with E-state index in [1.165, 1.54) is 4.90 Å². The first kappa shape index (κ1) is 21.5.